The molecule has 1 heterocycles. The molecular formula is C20H21N3O. The van der Waals surface area contributed by atoms with Crippen LogP contribution in [0.25, 0.3) is 11.0 Å². The van der Waals surface area contributed by atoms with Gasteiger partial charge in [-0.3, -0.25) is 4.79 Å². The Balaban J connectivity index is 1.70. The van der Waals surface area contributed by atoms with Gasteiger partial charge in [-0.2, -0.15) is 0 Å². The minimum atomic E-state index is -0.0509. The molecular weight excluding hydrogens is 298 g/mol. The van der Waals surface area contributed by atoms with Crippen LogP contribution in [0.2, 0.25) is 0 Å². The van der Waals surface area contributed by atoms with E-state index < -0.39 is 0 Å². The lowest BCUT2D eigenvalue weighted by molar-refractivity contribution is 0.0954. The minimum absolute atomic E-state index is 0.0509. The fourth-order valence-electron chi connectivity index (χ4n) is 2.83. The van der Waals surface area contributed by atoms with Crippen molar-refractivity contribution in [1.29, 1.82) is 0 Å². The summed E-state index contributed by atoms with van der Waals surface area (Å²) in [5.41, 5.74) is 3.83. The Hall–Kier alpha value is -2.88. The van der Waals surface area contributed by atoms with Gasteiger partial charge < -0.3 is 9.88 Å². The Bertz CT molecular complexity index is 879. The fraction of sp³-hybridized carbons (Fsp3) is 0.200. The van der Waals surface area contributed by atoms with Gasteiger partial charge >= 0.3 is 0 Å². The summed E-state index contributed by atoms with van der Waals surface area (Å²) in [5, 5.41) is 2.97. The number of carbonyl (C=O) groups excluding carboxylic acids is 1. The molecule has 1 N–H and O–H groups in total. The van der Waals surface area contributed by atoms with Gasteiger partial charge in [-0.15, -0.1) is 6.58 Å². The molecule has 2 aromatic carbocycles. The lowest BCUT2D eigenvalue weighted by Crippen LogP contribution is -2.26. The Kier molecular flexibility index (Phi) is 4.75. The van der Waals surface area contributed by atoms with E-state index in [0.717, 1.165) is 22.4 Å². The van der Waals surface area contributed by atoms with Crippen LogP contribution in [0.3, 0.4) is 0 Å². The molecule has 0 bridgehead atoms. The third kappa shape index (κ3) is 3.38. The summed E-state index contributed by atoms with van der Waals surface area (Å²) in [4.78, 5) is 16.9. The number of carbonyl (C=O) groups is 1. The highest BCUT2D eigenvalue weighted by molar-refractivity contribution is 5.94. The summed E-state index contributed by atoms with van der Waals surface area (Å²) in [6.07, 6.45) is 2.54. The quantitative estimate of drug-likeness (QED) is 0.707. The van der Waals surface area contributed by atoms with Gasteiger partial charge in [0.2, 0.25) is 0 Å². The van der Waals surface area contributed by atoms with Crippen LogP contribution in [-0.2, 0) is 13.0 Å². The molecule has 0 saturated carbocycles. The zero-order chi connectivity index (χ0) is 16.9. The second-order valence-corrected chi connectivity index (χ2v) is 5.79. The molecule has 0 radical (unpaired) electrons. The second kappa shape index (κ2) is 7.13. The monoisotopic (exact) mass is 319 g/mol. The van der Waals surface area contributed by atoms with Gasteiger partial charge in [0.25, 0.3) is 5.91 Å². The maximum atomic E-state index is 12.2. The number of allylic oxidation sites excluding steroid dienone is 1. The molecule has 24 heavy (non-hydrogen) atoms. The van der Waals surface area contributed by atoms with Crippen molar-refractivity contribution in [1.82, 2.24) is 14.9 Å². The zero-order valence-electron chi connectivity index (χ0n) is 13.8. The van der Waals surface area contributed by atoms with E-state index in [4.69, 9.17) is 0 Å². The first-order chi connectivity index (χ1) is 11.7. The zero-order valence-corrected chi connectivity index (χ0v) is 13.8. The molecule has 122 valence electrons. The van der Waals surface area contributed by atoms with Crippen molar-refractivity contribution in [2.24, 2.45) is 0 Å². The number of para-hydroxylation sites is 2. The van der Waals surface area contributed by atoms with Crippen LogP contribution in [0.15, 0.2) is 61.2 Å². The summed E-state index contributed by atoms with van der Waals surface area (Å²) >= 11 is 0. The molecule has 0 aliphatic rings. The molecule has 0 spiro atoms. The summed E-state index contributed by atoms with van der Waals surface area (Å²) in [6, 6.07) is 15.6. The molecule has 4 heteroatoms. The number of nitrogens with zero attached hydrogens (tertiary/aromatic N) is 2. The van der Waals surface area contributed by atoms with Crippen LogP contribution >= 0.6 is 0 Å². The van der Waals surface area contributed by atoms with E-state index in [1.807, 2.05) is 55.5 Å². The molecule has 0 aliphatic heterocycles. The largest absolute Gasteiger partial charge is 0.352 e. The van der Waals surface area contributed by atoms with Crippen molar-refractivity contribution >= 4 is 16.9 Å². The lowest BCUT2D eigenvalue weighted by atomic mass is 10.1. The number of rotatable bonds is 6. The van der Waals surface area contributed by atoms with Gasteiger partial charge in [0.1, 0.15) is 5.82 Å². The average Bonchev–Trinajstić information content (AvgIpc) is 2.93. The number of hydrogen-bond acceptors (Lipinski definition) is 2. The van der Waals surface area contributed by atoms with Crippen molar-refractivity contribution in [2.75, 3.05) is 6.54 Å². The number of aromatic nitrogens is 2. The smallest absolute Gasteiger partial charge is 0.251 e. The Labute approximate surface area is 141 Å². The van der Waals surface area contributed by atoms with Crippen LogP contribution < -0.4 is 5.32 Å². The van der Waals surface area contributed by atoms with Gasteiger partial charge in [0, 0.05) is 25.1 Å². The number of aryl methyl sites for hydroxylation is 1. The van der Waals surface area contributed by atoms with Crippen LogP contribution in [0, 0.1) is 6.92 Å². The number of nitrogens with one attached hydrogen (secondary N) is 1. The first kappa shape index (κ1) is 16.0. The van der Waals surface area contributed by atoms with E-state index >= 15 is 0 Å². The van der Waals surface area contributed by atoms with Crippen LogP contribution in [-0.4, -0.2) is 22.0 Å². The van der Waals surface area contributed by atoms with E-state index in [9.17, 15) is 4.79 Å². The highest BCUT2D eigenvalue weighted by atomic mass is 16.1. The second-order valence-electron chi connectivity index (χ2n) is 5.79. The van der Waals surface area contributed by atoms with Crippen molar-refractivity contribution < 1.29 is 4.79 Å². The lowest BCUT2D eigenvalue weighted by Gasteiger charge is -2.08. The van der Waals surface area contributed by atoms with E-state index in [0.29, 0.717) is 25.1 Å². The van der Waals surface area contributed by atoms with Gasteiger partial charge in [0.05, 0.1) is 11.0 Å². The van der Waals surface area contributed by atoms with Crippen molar-refractivity contribution in [2.45, 2.75) is 19.9 Å². The van der Waals surface area contributed by atoms with Crippen molar-refractivity contribution in [3.63, 3.8) is 0 Å². The number of imidazole rings is 1. The van der Waals surface area contributed by atoms with E-state index in [1.54, 1.807) is 0 Å². The Morgan fingerprint density at radius 3 is 2.88 bits per heavy atom. The molecule has 0 fully saturated rings. The average molecular weight is 319 g/mol. The SMILES string of the molecule is C=CCn1c(CCNC(=O)c2cccc(C)c2)nc2ccccc21. The molecule has 0 atom stereocenters. The van der Waals surface area contributed by atoms with Crippen molar-refractivity contribution in [3.8, 4) is 0 Å². The van der Waals surface area contributed by atoms with Gasteiger partial charge in [-0.1, -0.05) is 35.9 Å². The maximum Gasteiger partial charge on any atom is 0.251 e. The summed E-state index contributed by atoms with van der Waals surface area (Å²) in [5.74, 6) is 0.908. The molecule has 4 nitrogen and oxygen atoms in total. The molecule has 1 amide bonds. The molecule has 0 saturated heterocycles. The number of fused-ring (bicyclic) bond motifs is 1. The van der Waals surface area contributed by atoms with Crippen molar-refractivity contribution in [3.05, 3.63) is 78.1 Å². The topological polar surface area (TPSA) is 46.9 Å². The number of amides is 1. The number of hydrogen-bond donors (Lipinski definition) is 1. The van der Waals surface area contributed by atoms with Gasteiger partial charge in [0.15, 0.2) is 0 Å². The normalized spacial score (nSPS) is 10.7. The Morgan fingerprint density at radius 1 is 1.25 bits per heavy atom. The van der Waals surface area contributed by atoms with Gasteiger partial charge in [-0.25, -0.2) is 4.98 Å². The fourth-order valence-corrected chi connectivity index (χ4v) is 2.83. The summed E-state index contributed by atoms with van der Waals surface area (Å²) < 4.78 is 2.14. The standard InChI is InChI=1S/C20H21N3O/c1-3-13-23-18-10-5-4-9-17(18)22-19(23)11-12-21-20(24)16-8-6-7-15(2)14-16/h3-10,14H,1,11-13H2,2H3,(H,21,24). The summed E-state index contributed by atoms with van der Waals surface area (Å²) in [6.45, 7) is 7.06. The molecule has 0 aliphatic carbocycles. The third-order valence-electron chi connectivity index (χ3n) is 3.96. The predicted molar refractivity (Wildman–Crippen MR) is 97.1 cm³/mol. The summed E-state index contributed by atoms with van der Waals surface area (Å²) in [7, 11) is 0. The Morgan fingerprint density at radius 2 is 2.08 bits per heavy atom. The van der Waals surface area contributed by atoms with Gasteiger partial charge in [-0.05, 0) is 31.2 Å². The van der Waals surface area contributed by atoms with Crippen LogP contribution in [0.4, 0.5) is 0 Å². The highest BCUT2D eigenvalue weighted by Gasteiger charge is 2.10. The molecule has 3 aromatic rings. The van der Waals surface area contributed by atoms with E-state index in [-0.39, 0.29) is 5.91 Å². The van der Waals surface area contributed by atoms with Crippen LogP contribution in [0.5, 0.6) is 0 Å². The maximum absolute atomic E-state index is 12.2. The molecule has 1 aromatic heterocycles. The highest BCUT2D eigenvalue weighted by Crippen LogP contribution is 2.16. The first-order valence-electron chi connectivity index (χ1n) is 8.09. The predicted octanol–water partition coefficient (Wildman–Crippen LogP) is 3.50. The van der Waals surface area contributed by atoms with Crippen LogP contribution in [0.1, 0.15) is 21.7 Å². The molecule has 3 rings (SSSR count). The minimum Gasteiger partial charge on any atom is -0.352 e. The van der Waals surface area contributed by atoms with E-state index in [2.05, 4.69) is 27.5 Å². The van der Waals surface area contributed by atoms with E-state index in [1.165, 1.54) is 0 Å². The molecule has 0 unspecified atom stereocenters. The first-order valence-corrected chi connectivity index (χ1v) is 8.09. The third-order valence-corrected chi connectivity index (χ3v) is 3.96. The number of benzene rings is 2.